The summed E-state index contributed by atoms with van der Waals surface area (Å²) in [5.41, 5.74) is 0. The molecular formula is C12H23Cl2N. The molecule has 0 aromatic heterocycles. The van der Waals surface area contributed by atoms with E-state index < -0.39 is 4.33 Å². The van der Waals surface area contributed by atoms with Gasteiger partial charge in [-0.3, -0.25) is 4.90 Å². The first kappa shape index (κ1) is 13.6. The van der Waals surface area contributed by atoms with E-state index in [0.717, 1.165) is 13.0 Å². The van der Waals surface area contributed by atoms with Crippen molar-refractivity contribution in [3.8, 4) is 0 Å². The Labute approximate surface area is 104 Å². The molecule has 3 heteroatoms. The highest BCUT2D eigenvalue weighted by molar-refractivity contribution is 6.48. The third-order valence-electron chi connectivity index (χ3n) is 3.55. The van der Waals surface area contributed by atoms with Crippen LogP contribution in [0.1, 0.15) is 41.0 Å². The van der Waals surface area contributed by atoms with Crippen LogP contribution in [0.4, 0.5) is 0 Å². The van der Waals surface area contributed by atoms with Crippen LogP contribution in [0.25, 0.3) is 0 Å². The smallest absolute Gasteiger partial charge is 0.123 e. The predicted molar refractivity (Wildman–Crippen MR) is 68.7 cm³/mol. The lowest BCUT2D eigenvalue weighted by Gasteiger charge is -2.48. The number of halogens is 2. The lowest BCUT2D eigenvalue weighted by molar-refractivity contribution is 0.0498. The highest BCUT2D eigenvalue weighted by Crippen LogP contribution is 2.42. The molecule has 1 fully saturated rings. The van der Waals surface area contributed by atoms with Gasteiger partial charge in [0.15, 0.2) is 0 Å². The first-order valence-electron chi connectivity index (χ1n) is 5.89. The van der Waals surface area contributed by atoms with Gasteiger partial charge in [0.1, 0.15) is 4.33 Å². The fraction of sp³-hybridized carbons (Fsp3) is 1.00. The number of rotatable bonds is 2. The average molecular weight is 252 g/mol. The summed E-state index contributed by atoms with van der Waals surface area (Å²) in [6.07, 6.45) is 0.882. The second-order valence-corrected chi connectivity index (χ2v) is 7.01. The van der Waals surface area contributed by atoms with E-state index in [-0.39, 0.29) is 0 Å². The molecule has 1 saturated heterocycles. The number of nitrogens with zero attached hydrogens (tertiary/aromatic N) is 1. The summed E-state index contributed by atoms with van der Waals surface area (Å²) in [6, 6.07) is 1.08. The predicted octanol–water partition coefficient (Wildman–Crippen LogP) is 3.94. The zero-order valence-electron chi connectivity index (χ0n) is 10.4. The Bertz CT molecular complexity index is 214. The first-order valence-corrected chi connectivity index (χ1v) is 6.65. The third kappa shape index (κ3) is 3.01. The Morgan fingerprint density at radius 2 is 1.73 bits per heavy atom. The van der Waals surface area contributed by atoms with Gasteiger partial charge < -0.3 is 0 Å². The van der Waals surface area contributed by atoms with E-state index in [9.17, 15) is 0 Å². The summed E-state index contributed by atoms with van der Waals surface area (Å²) in [4.78, 5) is 2.54. The Hall–Kier alpha value is 0.540. The Morgan fingerprint density at radius 3 is 2.13 bits per heavy atom. The molecule has 1 aliphatic rings. The number of alkyl halides is 2. The molecule has 0 bridgehead atoms. The molecule has 0 saturated carbocycles. The normalized spacial score (nSPS) is 32.6. The van der Waals surface area contributed by atoms with Crippen LogP contribution in [0.15, 0.2) is 0 Å². The molecule has 0 N–H and O–H groups in total. The quantitative estimate of drug-likeness (QED) is 0.673. The molecule has 1 unspecified atom stereocenters. The van der Waals surface area contributed by atoms with Crippen LogP contribution in [-0.2, 0) is 0 Å². The number of hydrogen-bond acceptors (Lipinski definition) is 1. The molecule has 0 aromatic rings. The molecule has 1 rings (SSSR count). The van der Waals surface area contributed by atoms with Crippen molar-refractivity contribution in [2.45, 2.75) is 57.5 Å². The van der Waals surface area contributed by atoms with Gasteiger partial charge >= 0.3 is 0 Å². The van der Waals surface area contributed by atoms with Crippen molar-refractivity contribution in [2.75, 3.05) is 6.54 Å². The molecule has 15 heavy (non-hydrogen) atoms. The fourth-order valence-corrected chi connectivity index (χ4v) is 2.85. The molecule has 0 amide bonds. The molecule has 1 aliphatic heterocycles. The third-order valence-corrected chi connectivity index (χ3v) is 4.60. The van der Waals surface area contributed by atoms with Crippen LogP contribution in [0.2, 0.25) is 0 Å². The molecule has 0 aromatic carbocycles. The zero-order chi connectivity index (χ0) is 11.8. The van der Waals surface area contributed by atoms with Crippen molar-refractivity contribution >= 4 is 23.2 Å². The first-order chi connectivity index (χ1) is 6.75. The largest absolute Gasteiger partial charge is 0.297 e. The standard InChI is InChI=1S/C12H23Cl2N/c1-8(2)11-6-12(13,14)10(5)7-15(11)9(3)4/h8-11H,6-7H2,1-5H3/t10?,11-/m0/s1. The SMILES string of the molecule is CC(C)[C@@H]1CC(Cl)(Cl)C(C)CN1C(C)C. The number of hydrogen-bond donors (Lipinski definition) is 0. The van der Waals surface area contributed by atoms with E-state index in [1.807, 2.05) is 0 Å². The van der Waals surface area contributed by atoms with Crippen molar-refractivity contribution in [1.29, 1.82) is 0 Å². The topological polar surface area (TPSA) is 3.24 Å². The Morgan fingerprint density at radius 1 is 1.20 bits per heavy atom. The van der Waals surface area contributed by atoms with Crippen LogP contribution >= 0.6 is 23.2 Å². The average Bonchev–Trinajstić information content (AvgIpc) is 2.08. The second-order valence-electron chi connectivity index (χ2n) is 5.47. The van der Waals surface area contributed by atoms with Gasteiger partial charge in [-0.05, 0) is 26.2 Å². The van der Waals surface area contributed by atoms with E-state index in [1.54, 1.807) is 0 Å². The van der Waals surface area contributed by atoms with Gasteiger partial charge in [-0.25, -0.2) is 0 Å². The van der Waals surface area contributed by atoms with Gasteiger partial charge in [-0.15, -0.1) is 23.2 Å². The highest BCUT2D eigenvalue weighted by Gasteiger charge is 2.43. The van der Waals surface area contributed by atoms with Crippen LogP contribution < -0.4 is 0 Å². The molecular weight excluding hydrogens is 229 g/mol. The minimum Gasteiger partial charge on any atom is -0.297 e. The van der Waals surface area contributed by atoms with Crippen LogP contribution in [0.5, 0.6) is 0 Å². The Kier molecular flexibility index (Phi) is 4.36. The number of likely N-dealkylation sites (tertiary alicyclic amines) is 1. The summed E-state index contributed by atoms with van der Waals surface area (Å²) < 4.78 is -0.541. The maximum absolute atomic E-state index is 6.37. The summed E-state index contributed by atoms with van der Waals surface area (Å²) >= 11 is 12.7. The molecule has 0 spiro atoms. The van der Waals surface area contributed by atoms with Crippen molar-refractivity contribution in [3.63, 3.8) is 0 Å². The minimum atomic E-state index is -0.541. The fourth-order valence-electron chi connectivity index (χ4n) is 2.39. The maximum Gasteiger partial charge on any atom is 0.123 e. The van der Waals surface area contributed by atoms with E-state index >= 15 is 0 Å². The van der Waals surface area contributed by atoms with Crippen molar-refractivity contribution < 1.29 is 0 Å². The second kappa shape index (κ2) is 4.81. The van der Waals surface area contributed by atoms with E-state index in [0.29, 0.717) is 23.9 Å². The molecule has 2 atom stereocenters. The van der Waals surface area contributed by atoms with E-state index in [1.165, 1.54) is 0 Å². The van der Waals surface area contributed by atoms with Gasteiger partial charge in [-0.1, -0.05) is 20.8 Å². The van der Waals surface area contributed by atoms with E-state index in [4.69, 9.17) is 23.2 Å². The molecule has 1 nitrogen and oxygen atoms in total. The van der Waals surface area contributed by atoms with Crippen LogP contribution in [0, 0.1) is 11.8 Å². The molecule has 0 aliphatic carbocycles. The van der Waals surface area contributed by atoms with Gasteiger partial charge in [0.05, 0.1) is 0 Å². The summed E-state index contributed by atoms with van der Waals surface area (Å²) in [6.45, 7) is 12.1. The van der Waals surface area contributed by atoms with Gasteiger partial charge in [0.2, 0.25) is 0 Å². The van der Waals surface area contributed by atoms with Crippen molar-refractivity contribution in [2.24, 2.45) is 11.8 Å². The van der Waals surface area contributed by atoms with Crippen molar-refractivity contribution in [3.05, 3.63) is 0 Å². The highest BCUT2D eigenvalue weighted by atomic mass is 35.5. The minimum absolute atomic E-state index is 0.346. The lowest BCUT2D eigenvalue weighted by Crippen LogP contribution is -2.55. The van der Waals surface area contributed by atoms with Gasteiger partial charge in [0, 0.05) is 24.5 Å². The number of piperidine rings is 1. The monoisotopic (exact) mass is 251 g/mol. The molecule has 1 heterocycles. The summed E-state index contributed by atoms with van der Waals surface area (Å²) in [5.74, 6) is 0.954. The molecule has 0 radical (unpaired) electrons. The van der Waals surface area contributed by atoms with Gasteiger partial charge in [0.25, 0.3) is 0 Å². The summed E-state index contributed by atoms with van der Waals surface area (Å²) in [7, 11) is 0. The lowest BCUT2D eigenvalue weighted by atomic mass is 9.86. The Balaban J connectivity index is 2.82. The van der Waals surface area contributed by atoms with E-state index in [2.05, 4.69) is 39.5 Å². The van der Waals surface area contributed by atoms with Crippen LogP contribution in [-0.4, -0.2) is 27.9 Å². The summed E-state index contributed by atoms with van der Waals surface area (Å²) in [5, 5.41) is 0. The maximum atomic E-state index is 6.37. The van der Waals surface area contributed by atoms with Gasteiger partial charge in [-0.2, -0.15) is 0 Å². The molecule has 90 valence electrons. The zero-order valence-corrected chi connectivity index (χ0v) is 11.9. The van der Waals surface area contributed by atoms with Crippen molar-refractivity contribution in [1.82, 2.24) is 4.90 Å². The van der Waals surface area contributed by atoms with Crippen LogP contribution in [0.3, 0.4) is 0 Å².